The number of amides is 1. The molecule has 7 rings (SSSR count). The number of thiocarbonyl (C=S) groups is 1. The molecule has 1 amide bonds. The minimum Gasteiger partial charge on any atom is -0.508 e. The van der Waals surface area contributed by atoms with E-state index in [9.17, 15) is 38.2 Å². The van der Waals surface area contributed by atoms with Gasteiger partial charge in [0.05, 0.1) is 134 Å². The highest BCUT2D eigenvalue weighted by atomic mass is 32.1. The van der Waals surface area contributed by atoms with E-state index in [1.807, 2.05) is 0 Å². The number of nitrogens with zero attached hydrogens (tertiary/aromatic N) is 6. The number of phenols is 2. The molecule has 19 nitrogen and oxygen atoms in total. The van der Waals surface area contributed by atoms with Crippen molar-refractivity contribution in [3.05, 3.63) is 113 Å². The monoisotopic (exact) mass is 1060 g/mol. The fourth-order valence-electron chi connectivity index (χ4n) is 7.71. The zero-order valence-electron chi connectivity index (χ0n) is 41.1. The van der Waals surface area contributed by atoms with Crippen molar-refractivity contribution >= 4 is 45.6 Å². The summed E-state index contributed by atoms with van der Waals surface area (Å²) < 4.78 is 93.0. The SMILES string of the molecule is CC1(C)C(=O)N(c2ccc(C#N)c(C(F)(F)F)c2)C(=S)N1c1ccc(-c2cn(CCOCCOCCOCCOCCOCCOCCOCCOc3cc(O)c4c(=O)c(-c5ccc(O)cc5)coc4c3)nn2)cc1. The van der Waals surface area contributed by atoms with Crippen LogP contribution in [0.25, 0.3) is 33.4 Å². The molecule has 1 aliphatic heterocycles. The Morgan fingerprint density at radius 2 is 1.24 bits per heavy atom. The van der Waals surface area contributed by atoms with Gasteiger partial charge in [0.2, 0.25) is 5.43 Å². The molecule has 3 heterocycles. The van der Waals surface area contributed by atoms with Crippen LogP contribution in [0.15, 0.2) is 101 Å². The number of rotatable bonds is 29. The summed E-state index contributed by atoms with van der Waals surface area (Å²) in [5.41, 5.74) is -0.570. The van der Waals surface area contributed by atoms with E-state index < -0.39 is 34.2 Å². The lowest BCUT2D eigenvalue weighted by molar-refractivity contribution is -0.137. The maximum absolute atomic E-state index is 13.7. The van der Waals surface area contributed by atoms with Crippen LogP contribution in [-0.4, -0.2) is 141 Å². The van der Waals surface area contributed by atoms with E-state index in [0.717, 1.165) is 22.6 Å². The zero-order chi connectivity index (χ0) is 53.4. The van der Waals surface area contributed by atoms with Crippen molar-refractivity contribution < 1.29 is 70.5 Å². The molecule has 1 fully saturated rings. The van der Waals surface area contributed by atoms with Crippen molar-refractivity contribution in [2.24, 2.45) is 0 Å². The van der Waals surface area contributed by atoms with Crippen LogP contribution in [0.5, 0.6) is 17.2 Å². The van der Waals surface area contributed by atoms with Gasteiger partial charge in [-0.15, -0.1) is 5.10 Å². The molecule has 2 aromatic heterocycles. The van der Waals surface area contributed by atoms with Crippen LogP contribution >= 0.6 is 12.2 Å². The van der Waals surface area contributed by atoms with E-state index in [4.69, 9.17) is 54.5 Å². The number of hydrogen-bond donors (Lipinski definition) is 2. The van der Waals surface area contributed by atoms with Crippen molar-refractivity contribution in [3.8, 4) is 45.7 Å². The molecule has 0 aliphatic carbocycles. The van der Waals surface area contributed by atoms with Crippen LogP contribution in [0, 0.1) is 11.3 Å². The fourth-order valence-corrected chi connectivity index (χ4v) is 8.23. The van der Waals surface area contributed by atoms with Gasteiger partial charge in [0, 0.05) is 23.4 Å². The Balaban J connectivity index is 0.656. The van der Waals surface area contributed by atoms with Crippen LogP contribution < -0.4 is 20.0 Å². The molecule has 1 aliphatic rings. The number of halogens is 3. The summed E-state index contributed by atoms with van der Waals surface area (Å²) in [6.07, 6.45) is -1.72. The standard InChI is InChI=1S/C52H55F3N6O13S/c1-51(2)49(65)60(39-10-5-37(32-56)43(29-39)52(53,54)55)50(75)61(51)38-8-3-36(4-9-38)44-33-59(58-57-44)13-14-66-15-16-67-17-18-68-19-20-69-21-22-70-23-24-71-25-26-72-27-28-73-41-30-45(63)47-46(31-41)74-34-42(48(47)64)35-6-11-40(62)12-7-35/h3-12,29-31,33-34,62-63H,13-28H2,1-2H3. The molecule has 4 aromatic carbocycles. The summed E-state index contributed by atoms with van der Waals surface area (Å²) in [6, 6.07) is 20.7. The summed E-state index contributed by atoms with van der Waals surface area (Å²) in [5.74, 6) is -0.402. The van der Waals surface area contributed by atoms with Gasteiger partial charge in [-0.25, -0.2) is 4.68 Å². The summed E-state index contributed by atoms with van der Waals surface area (Å²) in [7, 11) is 0. The number of phenolic OH excluding ortho intramolecular Hbond substituents is 2. The smallest absolute Gasteiger partial charge is 0.417 e. The number of fused-ring (bicyclic) bond motifs is 1. The molecule has 0 saturated carbocycles. The number of carbonyl (C=O) groups is 1. The first-order valence-corrected chi connectivity index (χ1v) is 24.1. The topological polar surface area (TPSA) is 223 Å². The quantitative estimate of drug-likeness (QED) is 0.0352. The molecule has 398 valence electrons. The number of ether oxygens (including phenoxy) is 8. The molecule has 75 heavy (non-hydrogen) atoms. The molecular weight excluding hydrogens is 1010 g/mol. The number of alkyl halides is 3. The summed E-state index contributed by atoms with van der Waals surface area (Å²) in [6.45, 7) is 9.28. The van der Waals surface area contributed by atoms with E-state index in [2.05, 4.69) is 10.3 Å². The summed E-state index contributed by atoms with van der Waals surface area (Å²) >= 11 is 5.64. The van der Waals surface area contributed by atoms with Crippen LogP contribution in [-0.2, 0) is 50.7 Å². The molecular formula is C52H55F3N6O13S. The Morgan fingerprint density at radius 3 is 1.80 bits per heavy atom. The number of benzene rings is 4. The highest BCUT2D eigenvalue weighted by Crippen LogP contribution is 2.40. The van der Waals surface area contributed by atoms with Crippen molar-refractivity contribution in [2.75, 3.05) is 109 Å². The van der Waals surface area contributed by atoms with Crippen molar-refractivity contribution in [1.82, 2.24) is 15.0 Å². The fraction of sp³-hybridized carbons (Fsp3) is 0.385. The van der Waals surface area contributed by atoms with Gasteiger partial charge in [-0.2, -0.15) is 18.4 Å². The third-order valence-electron chi connectivity index (χ3n) is 11.5. The Hall–Kier alpha value is -7.01. The van der Waals surface area contributed by atoms with Crippen LogP contribution in [0.3, 0.4) is 0 Å². The number of nitriles is 1. The second-order valence-electron chi connectivity index (χ2n) is 17.0. The minimum atomic E-state index is -4.80. The van der Waals surface area contributed by atoms with Gasteiger partial charge in [-0.05, 0) is 74.1 Å². The van der Waals surface area contributed by atoms with Gasteiger partial charge < -0.3 is 57.4 Å². The van der Waals surface area contributed by atoms with Crippen molar-refractivity contribution in [1.29, 1.82) is 5.26 Å². The number of aromatic nitrogens is 3. The molecule has 1 saturated heterocycles. The Kier molecular flexibility index (Phi) is 19.7. The Bertz CT molecular complexity index is 2970. The Labute approximate surface area is 434 Å². The first-order chi connectivity index (χ1) is 36.2. The molecule has 23 heteroatoms. The van der Waals surface area contributed by atoms with Gasteiger partial charge in [0.15, 0.2) is 5.11 Å². The van der Waals surface area contributed by atoms with Crippen molar-refractivity contribution in [3.63, 3.8) is 0 Å². The number of anilines is 2. The second-order valence-corrected chi connectivity index (χ2v) is 17.4. The van der Waals surface area contributed by atoms with Gasteiger partial charge in [0.25, 0.3) is 5.91 Å². The van der Waals surface area contributed by atoms with E-state index >= 15 is 0 Å². The van der Waals surface area contributed by atoms with Gasteiger partial charge >= 0.3 is 6.18 Å². The second kappa shape index (κ2) is 26.5. The highest BCUT2D eigenvalue weighted by Gasteiger charge is 2.50. The predicted molar refractivity (Wildman–Crippen MR) is 271 cm³/mol. The molecule has 0 spiro atoms. The molecule has 6 aromatic rings. The van der Waals surface area contributed by atoms with Gasteiger partial charge in [-0.3, -0.25) is 14.5 Å². The molecule has 0 bridgehead atoms. The lowest BCUT2D eigenvalue weighted by Gasteiger charge is -2.29. The van der Waals surface area contributed by atoms with Gasteiger partial charge in [-0.1, -0.05) is 29.5 Å². The van der Waals surface area contributed by atoms with E-state index in [1.54, 1.807) is 72.1 Å². The van der Waals surface area contributed by atoms with Gasteiger partial charge in [0.1, 0.15) is 52.3 Å². The zero-order valence-corrected chi connectivity index (χ0v) is 41.9. The molecule has 0 unspecified atom stereocenters. The number of carbonyl (C=O) groups excluding carboxylic acids is 1. The summed E-state index contributed by atoms with van der Waals surface area (Å²) in [5, 5.41) is 37.7. The maximum atomic E-state index is 13.7. The van der Waals surface area contributed by atoms with E-state index in [-0.39, 0.29) is 52.0 Å². The molecule has 0 radical (unpaired) electrons. The van der Waals surface area contributed by atoms with Crippen molar-refractivity contribution in [2.45, 2.75) is 32.1 Å². The van der Waals surface area contributed by atoms with Crippen LogP contribution in [0.1, 0.15) is 25.0 Å². The largest absolute Gasteiger partial charge is 0.508 e. The summed E-state index contributed by atoms with van der Waals surface area (Å²) in [4.78, 5) is 29.2. The maximum Gasteiger partial charge on any atom is 0.417 e. The molecule has 0 atom stereocenters. The third-order valence-corrected chi connectivity index (χ3v) is 11.9. The number of hydrogen-bond acceptors (Lipinski definition) is 17. The highest BCUT2D eigenvalue weighted by molar-refractivity contribution is 7.81. The van der Waals surface area contributed by atoms with E-state index in [0.29, 0.717) is 115 Å². The minimum absolute atomic E-state index is 0.00256. The number of aromatic hydroxyl groups is 2. The third kappa shape index (κ3) is 14.6. The normalized spacial score (nSPS) is 13.5. The van der Waals surface area contributed by atoms with Crippen LogP contribution in [0.2, 0.25) is 0 Å². The lowest BCUT2D eigenvalue weighted by atomic mass is 10.0. The van der Waals surface area contributed by atoms with Crippen LogP contribution in [0.4, 0.5) is 24.5 Å². The van der Waals surface area contributed by atoms with E-state index in [1.165, 1.54) is 36.6 Å². The lowest BCUT2D eigenvalue weighted by Crippen LogP contribution is -2.44. The average molecular weight is 1060 g/mol. The Morgan fingerprint density at radius 1 is 0.707 bits per heavy atom. The first-order valence-electron chi connectivity index (χ1n) is 23.7. The molecule has 2 N–H and O–H groups in total. The average Bonchev–Trinajstić information content (AvgIpc) is 3.94. The first kappa shape index (κ1) is 55.7. The predicted octanol–water partition coefficient (Wildman–Crippen LogP) is 7.13.